The van der Waals surface area contributed by atoms with E-state index in [1.807, 2.05) is 31.2 Å². The standard InChI is InChI=1S/C19H25N3O/c1-4-15(3)21-19(23)17-11-12-20-18(13-17)22(5-2)14-16-9-7-6-8-10-16/h6-13,15H,4-5,14H2,1-3H3,(H,21,23). The van der Waals surface area contributed by atoms with Crippen molar-refractivity contribution < 1.29 is 4.79 Å². The summed E-state index contributed by atoms with van der Waals surface area (Å²) in [5, 5.41) is 2.99. The summed E-state index contributed by atoms with van der Waals surface area (Å²) < 4.78 is 0. The molecule has 2 rings (SSSR count). The predicted octanol–water partition coefficient (Wildman–Crippen LogP) is 3.64. The number of hydrogen-bond acceptors (Lipinski definition) is 3. The number of carbonyl (C=O) groups is 1. The Kier molecular flexibility index (Phi) is 6.15. The molecule has 4 nitrogen and oxygen atoms in total. The maximum atomic E-state index is 12.3. The normalized spacial score (nSPS) is 11.8. The van der Waals surface area contributed by atoms with Gasteiger partial charge in [-0.2, -0.15) is 0 Å². The van der Waals surface area contributed by atoms with E-state index in [1.54, 1.807) is 12.3 Å². The van der Waals surface area contributed by atoms with Crippen molar-refractivity contribution in [2.45, 2.75) is 39.8 Å². The maximum absolute atomic E-state index is 12.3. The molecule has 4 heteroatoms. The van der Waals surface area contributed by atoms with E-state index in [4.69, 9.17) is 0 Å². The van der Waals surface area contributed by atoms with Gasteiger partial charge in [-0.1, -0.05) is 37.3 Å². The van der Waals surface area contributed by atoms with Crippen molar-refractivity contribution in [1.29, 1.82) is 0 Å². The molecule has 122 valence electrons. The Morgan fingerprint density at radius 2 is 1.96 bits per heavy atom. The van der Waals surface area contributed by atoms with Gasteiger partial charge < -0.3 is 10.2 Å². The second-order valence-electron chi connectivity index (χ2n) is 5.69. The van der Waals surface area contributed by atoms with Crippen LogP contribution in [0.4, 0.5) is 5.82 Å². The molecule has 0 aliphatic rings. The van der Waals surface area contributed by atoms with Crippen LogP contribution in [0.5, 0.6) is 0 Å². The van der Waals surface area contributed by atoms with Crippen LogP contribution in [0.15, 0.2) is 48.7 Å². The van der Waals surface area contributed by atoms with Crippen molar-refractivity contribution in [2.75, 3.05) is 11.4 Å². The summed E-state index contributed by atoms with van der Waals surface area (Å²) in [5.41, 5.74) is 1.88. The van der Waals surface area contributed by atoms with Gasteiger partial charge in [0, 0.05) is 30.9 Å². The minimum Gasteiger partial charge on any atom is -0.353 e. The van der Waals surface area contributed by atoms with E-state index in [1.165, 1.54) is 5.56 Å². The molecular formula is C19H25N3O. The molecule has 0 radical (unpaired) electrons. The van der Waals surface area contributed by atoms with Gasteiger partial charge >= 0.3 is 0 Å². The number of nitrogens with zero attached hydrogens (tertiary/aromatic N) is 2. The zero-order chi connectivity index (χ0) is 16.7. The minimum atomic E-state index is -0.0428. The van der Waals surface area contributed by atoms with E-state index in [0.29, 0.717) is 5.56 Å². The van der Waals surface area contributed by atoms with Crippen LogP contribution in [0.2, 0.25) is 0 Å². The predicted molar refractivity (Wildman–Crippen MR) is 94.6 cm³/mol. The highest BCUT2D eigenvalue weighted by molar-refractivity contribution is 5.95. The molecule has 0 spiro atoms. The lowest BCUT2D eigenvalue weighted by Gasteiger charge is -2.22. The second kappa shape index (κ2) is 8.32. The lowest BCUT2D eigenvalue weighted by atomic mass is 10.2. The van der Waals surface area contributed by atoms with Gasteiger partial charge in [0.1, 0.15) is 5.82 Å². The Morgan fingerprint density at radius 3 is 2.61 bits per heavy atom. The number of aromatic nitrogens is 1. The molecule has 1 aromatic carbocycles. The van der Waals surface area contributed by atoms with E-state index in [0.717, 1.165) is 25.3 Å². The van der Waals surface area contributed by atoms with Crippen LogP contribution in [-0.4, -0.2) is 23.5 Å². The highest BCUT2D eigenvalue weighted by atomic mass is 16.1. The number of amides is 1. The monoisotopic (exact) mass is 311 g/mol. The molecule has 0 saturated carbocycles. The zero-order valence-electron chi connectivity index (χ0n) is 14.1. The van der Waals surface area contributed by atoms with E-state index in [9.17, 15) is 4.79 Å². The van der Waals surface area contributed by atoms with Gasteiger partial charge in [-0.3, -0.25) is 4.79 Å². The van der Waals surface area contributed by atoms with Crippen molar-refractivity contribution in [2.24, 2.45) is 0 Å². The third kappa shape index (κ3) is 4.81. The Balaban J connectivity index is 2.15. The molecule has 23 heavy (non-hydrogen) atoms. The van der Waals surface area contributed by atoms with Gasteiger partial charge in [0.2, 0.25) is 0 Å². The first-order valence-corrected chi connectivity index (χ1v) is 8.19. The Bertz CT molecular complexity index is 628. The molecule has 0 aliphatic carbocycles. The maximum Gasteiger partial charge on any atom is 0.251 e. The molecule has 2 aromatic rings. The van der Waals surface area contributed by atoms with Crippen molar-refractivity contribution in [3.63, 3.8) is 0 Å². The largest absolute Gasteiger partial charge is 0.353 e. The summed E-state index contributed by atoms with van der Waals surface area (Å²) in [6.45, 7) is 7.77. The highest BCUT2D eigenvalue weighted by Gasteiger charge is 2.12. The van der Waals surface area contributed by atoms with Crippen molar-refractivity contribution in [1.82, 2.24) is 10.3 Å². The SMILES string of the molecule is CCC(C)NC(=O)c1ccnc(N(CC)Cc2ccccc2)c1. The van der Waals surface area contributed by atoms with E-state index in [2.05, 4.69) is 41.2 Å². The highest BCUT2D eigenvalue weighted by Crippen LogP contribution is 2.16. The quantitative estimate of drug-likeness (QED) is 0.849. The zero-order valence-corrected chi connectivity index (χ0v) is 14.1. The third-order valence-electron chi connectivity index (χ3n) is 3.92. The van der Waals surface area contributed by atoms with Crippen LogP contribution >= 0.6 is 0 Å². The first-order valence-electron chi connectivity index (χ1n) is 8.19. The van der Waals surface area contributed by atoms with Crippen LogP contribution in [0.3, 0.4) is 0 Å². The Hall–Kier alpha value is -2.36. The molecule has 1 N–H and O–H groups in total. The smallest absolute Gasteiger partial charge is 0.251 e. The fourth-order valence-electron chi connectivity index (χ4n) is 2.30. The number of rotatable bonds is 7. The summed E-state index contributed by atoms with van der Waals surface area (Å²) in [4.78, 5) is 18.9. The molecule has 1 heterocycles. The van der Waals surface area contributed by atoms with Gasteiger partial charge in [0.05, 0.1) is 0 Å². The van der Waals surface area contributed by atoms with Gasteiger partial charge in [-0.15, -0.1) is 0 Å². The van der Waals surface area contributed by atoms with Crippen LogP contribution < -0.4 is 10.2 Å². The number of anilines is 1. The summed E-state index contributed by atoms with van der Waals surface area (Å²) in [6, 6.07) is 14.1. The van der Waals surface area contributed by atoms with E-state index < -0.39 is 0 Å². The minimum absolute atomic E-state index is 0.0428. The van der Waals surface area contributed by atoms with E-state index >= 15 is 0 Å². The molecule has 1 atom stereocenters. The molecule has 1 amide bonds. The number of hydrogen-bond donors (Lipinski definition) is 1. The average Bonchev–Trinajstić information content (AvgIpc) is 2.60. The number of pyridine rings is 1. The molecule has 0 fully saturated rings. The second-order valence-corrected chi connectivity index (χ2v) is 5.69. The van der Waals surface area contributed by atoms with Crippen LogP contribution in [0.1, 0.15) is 43.1 Å². The van der Waals surface area contributed by atoms with Crippen LogP contribution in [-0.2, 0) is 6.54 Å². The summed E-state index contributed by atoms with van der Waals surface area (Å²) in [6.07, 6.45) is 2.62. The molecule has 0 aliphatic heterocycles. The number of benzene rings is 1. The average molecular weight is 311 g/mol. The van der Waals surface area contributed by atoms with Crippen molar-refractivity contribution in [3.05, 3.63) is 59.8 Å². The molecule has 0 bridgehead atoms. The van der Waals surface area contributed by atoms with Gasteiger partial charge in [-0.25, -0.2) is 4.98 Å². The summed E-state index contributed by atoms with van der Waals surface area (Å²) in [7, 11) is 0. The van der Waals surface area contributed by atoms with Crippen LogP contribution in [0, 0.1) is 0 Å². The number of carbonyl (C=O) groups excluding carboxylic acids is 1. The lowest BCUT2D eigenvalue weighted by molar-refractivity contribution is 0.0939. The van der Waals surface area contributed by atoms with Gasteiger partial charge in [0.15, 0.2) is 0 Å². The van der Waals surface area contributed by atoms with Crippen molar-refractivity contribution >= 4 is 11.7 Å². The molecule has 1 aromatic heterocycles. The first kappa shape index (κ1) is 17.0. The number of nitrogens with one attached hydrogen (secondary N) is 1. The summed E-state index contributed by atoms with van der Waals surface area (Å²) in [5.74, 6) is 0.784. The fraction of sp³-hybridized carbons (Fsp3) is 0.368. The summed E-state index contributed by atoms with van der Waals surface area (Å²) >= 11 is 0. The van der Waals surface area contributed by atoms with Crippen molar-refractivity contribution in [3.8, 4) is 0 Å². The Labute approximate surface area is 138 Å². The van der Waals surface area contributed by atoms with Crippen LogP contribution in [0.25, 0.3) is 0 Å². The third-order valence-corrected chi connectivity index (χ3v) is 3.92. The van der Waals surface area contributed by atoms with E-state index in [-0.39, 0.29) is 11.9 Å². The molecule has 1 unspecified atom stereocenters. The molecule has 0 saturated heterocycles. The topological polar surface area (TPSA) is 45.2 Å². The lowest BCUT2D eigenvalue weighted by Crippen LogP contribution is -2.32. The van der Waals surface area contributed by atoms with Gasteiger partial charge in [-0.05, 0) is 38.0 Å². The fourth-order valence-corrected chi connectivity index (χ4v) is 2.30. The first-order chi connectivity index (χ1) is 11.1. The van der Waals surface area contributed by atoms with Gasteiger partial charge in [0.25, 0.3) is 5.91 Å². The Morgan fingerprint density at radius 1 is 1.22 bits per heavy atom. The molecular weight excluding hydrogens is 286 g/mol.